The summed E-state index contributed by atoms with van der Waals surface area (Å²) < 4.78 is 42.1. The highest BCUT2D eigenvalue weighted by atomic mass is 19.4. The van der Waals surface area contributed by atoms with Crippen molar-refractivity contribution in [2.24, 2.45) is 12.0 Å². The summed E-state index contributed by atoms with van der Waals surface area (Å²) in [5.41, 5.74) is 4.93. The first-order valence-electron chi connectivity index (χ1n) is 10.3. The number of aryl methyl sites for hydroxylation is 1. The number of benzene rings is 2. The van der Waals surface area contributed by atoms with Crippen LogP contribution in [0.3, 0.4) is 0 Å². The van der Waals surface area contributed by atoms with Gasteiger partial charge in [-0.2, -0.15) is 18.3 Å². The number of rotatable bonds is 4. The van der Waals surface area contributed by atoms with Crippen molar-refractivity contribution < 1.29 is 13.2 Å². The molecule has 0 saturated heterocycles. The van der Waals surface area contributed by atoms with Gasteiger partial charge < -0.3 is 4.57 Å². The maximum absolute atomic E-state index is 13.0. The fourth-order valence-corrected chi connectivity index (χ4v) is 4.01. The van der Waals surface area contributed by atoms with Gasteiger partial charge in [-0.15, -0.1) is 0 Å². The summed E-state index contributed by atoms with van der Waals surface area (Å²) in [5, 5.41) is 4.22. The van der Waals surface area contributed by atoms with E-state index in [2.05, 4.69) is 10.1 Å². The maximum Gasteiger partial charge on any atom is 0.416 e. The van der Waals surface area contributed by atoms with Crippen molar-refractivity contribution in [3.05, 3.63) is 111 Å². The van der Waals surface area contributed by atoms with Crippen LogP contribution < -0.4 is 5.56 Å². The van der Waals surface area contributed by atoms with E-state index in [9.17, 15) is 18.0 Å². The van der Waals surface area contributed by atoms with Gasteiger partial charge in [-0.3, -0.25) is 14.5 Å². The fraction of sp³-hybridized carbons (Fsp3) is 0.160. The van der Waals surface area contributed by atoms with Crippen LogP contribution in [0.5, 0.6) is 0 Å². The predicted molar refractivity (Wildman–Crippen MR) is 119 cm³/mol. The Morgan fingerprint density at radius 1 is 1.00 bits per heavy atom. The molecule has 0 N–H and O–H groups in total. The molecule has 33 heavy (non-hydrogen) atoms. The minimum atomic E-state index is -4.42. The predicted octanol–water partition coefficient (Wildman–Crippen LogP) is 4.67. The van der Waals surface area contributed by atoms with Crippen molar-refractivity contribution >= 4 is 5.71 Å². The number of hydrogen-bond acceptors (Lipinski definition) is 3. The molecule has 0 fully saturated rings. The van der Waals surface area contributed by atoms with Crippen LogP contribution in [0.4, 0.5) is 13.2 Å². The lowest BCUT2D eigenvalue weighted by Crippen LogP contribution is -2.19. The topological polar surface area (TPSA) is 52.2 Å². The zero-order valence-corrected chi connectivity index (χ0v) is 17.7. The van der Waals surface area contributed by atoms with Crippen molar-refractivity contribution in [1.82, 2.24) is 14.3 Å². The van der Waals surface area contributed by atoms with E-state index in [1.54, 1.807) is 29.2 Å². The van der Waals surface area contributed by atoms with Gasteiger partial charge in [-0.1, -0.05) is 24.3 Å². The Morgan fingerprint density at radius 2 is 1.82 bits per heavy atom. The molecule has 0 radical (unpaired) electrons. The Kier molecular flexibility index (Phi) is 5.00. The summed E-state index contributed by atoms with van der Waals surface area (Å²) in [6.07, 6.45) is 0.878. The summed E-state index contributed by atoms with van der Waals surface area (Å²) in [6, 6.07) is 14.3. The Hall–Kier alpha value is -3.94. The number of fused-ring (bicyclic) bond motifs is 1. The number of aromatic nitrogens is 3. The summed E-state index contributed by atoms with van der Waals surface area (Å²) >= 11 is 0. The summed E-state index contributed by atoms with van der Waals surface area (Å²) in [4.78, 5) is 17.4. The van der Waals surface area contributed by atoms with Crippen molar-refractivity contribution in [1.29, 1.82) is 0 Å². The monoisotopic (exact) mass is 448 g/mol. The van der Waals surface area contributed by atoms with E-state index in [-0.39, 0.29) is 12.1 Å². The second-order valence-corrected chi connectivity index (χ2v) is 8.02. The molecule has 0 aliphatic carbocycles. The Labute approximate surface area is 187 Å². The van der Waals surface area contributed by atoms with Crippen LogP contribution in [0.1, 0.15) is 27.8 Å². The number of aliphatic imine (C=N–C) groups is 1. The Bertz CT molecular complexity index is 1450. The third kappa shape index (κ3) is 4.11. The minimum Gasteiger partial charge on any atom is -0.311 e. The number of pyridine rings is 1. The zero-order valence-electron chi connectivity index (χ0n) is 17.7. The molecule has 3 heterocycles. The second kappa shape index (κ2) is 7.88. The van der Waals surface area contributed by atoms with Gasteiger partial charge in [0.05, 0.1) is 30.6 Å². The molecule has 5 nitrogen and oxygen atoms in total. The third-order valence-corrected chi connectivity index (χ3v) is 5.69. The smallest absolute Gasteiger partial charge is 0.311 e. The van der Waals surface area contributed by atoms with Crippen molar-refractivity contribution in [3.63, 3.8) is 0 Å². The molecule has 8 heteroatoms. The molecule has 2 aromatic heterocycles. The number of alkyl halides is 3. The summed E-state index contributed by atoms with van der Waals surface area (Å²) in [5.74, 6) is 0. The van der Waals surface area contributed by atoms with Crippen molar-refractivity contribution in [2.45, 2.75) is 19.3 Å². The number of nitrogens with zero attached hydrogens (tertiary/aromatic N) is 4. The van der Waals surface area contributed by atoms with Gasteiger partial charge in [0.15, 0.2) is 0 Å². The van der Waals surface area contributed by atoms with Crippen LogP contribution in [-0.4, -0.2) is 20.1 Å². The van der Waals surface area contributed by atoms with Crippen LogP contribution in [-0.2, 0) is 26.3 Å². The molecule has 0 amide bonds. The maximum atomic E-state index is 13.0. The van der Waals surface area contributed by atoms with Gasteiger partial charge in [-0.05, 0) is 46.5 Å². The van der Waals surface area contributed by atoms with E-state index in [0.29, 0.717) is 12.1 Å². The van der Waals surface area contributed by atoms with Crippen LogP contribution in [0.2, 0.25) is 0 Å². The first-order chi connectivity index (χ1) is 15.8. The van der Waals surface area contributed by atoms with Gasteiger partial charge in [-0.25, -0.2) is 0 Å². The van der Waals surface area contributed by atoms with Crippen LogP contribution in [0.15, 0.2) is 83.0 Å². The highest BCUT2D eigenvalue weighted by Gasteiger charge is 2.30. The summed E-state index contributed by atoms with van der Waals surface area (Å²) in [6.45, 7) is 0.656. The van der Waals surface area contributed by atoms with E-state index < -0.39 is 11.7 Å². The lowest BCUT2D eigenvalue weighted by Gasteiger charge is -2.11. The first-order valence-corrected chi connectivity index (χ1v) is 10.3. The first kappa shape index (κ1) is 20.9. The third-order valence-electron chi connectivity index (χ3n) is 5.69. The van der Waals surface area contributed by atoms with E-state index in [1.165, 1.54) is 16.7 Å². The Morgan fingerprint density at radius 3 is 2.55 bits per heavy atom. The van der Waals surface area contributed by atoms with Gasteiger partial charge in [0.1, 0.15) is 0 Å². The highest BCUT2D eigenvalue weighted by molar-refractivity contribution is 6.15. The lowest BCUT2D eigenvalue weighted by molar-refractivity contribution is -0.137. The van der Waals surface area contributed by atoms with Gasteiger partial charge in [0.25, 0.3) is 5.56 Å². The highest BCUT2D eigenvalue weighted by Crippen LogP contribution is 2.30. The molecule has 2 aromatic carbocycles. The van der Waals surface area contributed by atoms with E-state index in [4.69, 9.17) is 0 Å². The van der Waals surface area contributed by atoms with Crippen LogP contribution in [0, 0.1) is 0 Å². The molecule has 4 aromatic rings. The Balaban J connectivity index is 1.43. The standard InChI is InChI=1S/C25H19F3N4O/c1-31-15-20(13-30-31)24-22-10-17(5-6-19(22)12-29-24)18-7-8-32(23(33)11-18)14-16-3-2-4-21(9-16)25(26,27)28/h2-11,13,15H,12,14H2,1H3. The molecule has 0 bridgehead atoms. The minimum absolute atomic E-state index is 0.0605. The number of hydrogen-bond donors (Lipinski definition) is 0. The van der Waals surface area contributed by atoms with Crippen LogP contribution in [0.25, 0.3) is 11.1 Å². The normalized spacial score (nSPS) is 13.2. The van der Waals surface area contributed by atoms with E-state index in [0.717, 1.165) is 45.7 Å². The SMILES string of the molecule is Cn1cc(C2=NCc3ccc(-c4ccn(Cc5cccc(C(F)(F)F)c5)c(=O)c4)cc32)cn1. The average Bonchev–Trinajstić information content (AvgIpc) is 3.40. The van der Waals surface area contributed by atoms with E-state index in [1.807, 2.05) is 31.4 Å². The summed E-state index contributed by atoms with van der Waals surface area (Å²) in [7, 11) is 1.85. The molecule has 0 unspecified atom stereocenters. The second-order valence-electron chi connectivity index (χ2n) is 8.02. The molecular formula is C25H19F3N4O. The largest absolute Gasteiger partial charge is 0.416 e. The fourth-order valence-electron chi connectivity index (χ4n) is 4.01. The van der Waals surface area contributed by atoms with Gasteiger partial charge >= 0.3 is 6.18 Å². The molecule has 0 saturated carbocycles. The van der Waals surface area contributed by atoms with Gasteiger partial charge in [0.2, 0.25) is 0 Å². The molecular weight excluding hydrogens is 429 g/mol. The van der Waals surface area contributed by atoms with Gasteiger partial charge in [0, 0.05) is 36.6 Å². The van der Waals surface area contributed by atoms with Crippen LogP contribution >= 0.6 is 0 Å². The number of halogens is 3. The lowest BCUT2D eigenvalue weighted by atomic mass is 9.97. The van der Waals surface area contributed by atoms with Crippen molar-refractivity contribution in [2.75, 3.05) is 0 Å². The van der Waals surface area contributed by atoms with E-state index >= 15 is 0 Å². The average molecular weight is 448 g/mol. The molecule has 5 rings (SSSR count). The molecule has 0 atom stereocenters. The molecule has 166 valence electrons. The molecule has 0 spiro atoms. The van der Waals surface area contributed by atoms with Crippen molar-refractivity contribution in [3.8, 4) is 11.1 Å². The molecule has 1 aliphatic heterocycles. The quantitative estimate of drug-likeness (QED) is 0.456. The molecule has 1 aliphatic rings. The zero-order chi connectivity index (χ0) is 23.2.